The highest BCUT2D eigenvalue weighted by Crippen LogP contribution is 2.32. The molecule has 0 aliphatic carbocycles. The van der Waals surface area contributed by atoms with E-state index < -0.39 is 28.7 Å². The quantitative estimate of drug-likeness (QED) is 0.938. The first-order chi connectivity index (χ1) is 10.7. The molecule has 1 heterocycles. The highest BCUT2D eigenvalue weighted by atomic mass is 19.4. The molecule has 0 saturated carbocycles. The first kappa shape index (κ1) is 16.8. The summed E-state index contributed by atoms with van der Waals surface area (Å²) in [6.45, 7) is 3.71. The van der Waals surface area contributed by atoms with E-state index in [1.807, 2.05) is 0 Å². The second-order valence-corrected chi connectivity index (χ2v) is 5.00. The molecule has 0 spiro atoms. The number of carboxylic acids is 1. The maximum absolute atomic E-state index is 12.9. The zero-order valence-corrected chi connectivity index (χ0v) is 12.4. The number of hydrogen-bond donors (Lipinski definition) is 1. The Morgan fingerprint density at radius 3 is 2.48 bits per heavy atom. The summed E-state index contributed by atoms with van der Waals surface area (Å²) in [6.07, 6.45) is -3.34. The van der Waals surface area contributed by atoms with Gasteiger partial charge in [0.15, 0.2) is 0 Å². The molecule has 2 rings (SSSR count). The summed E-state index contributed by atoms with van der Waals surface area (Å²) >= 11 is 0. The van der Waals surface area contributed by atoms with Crippen LogP contribution in [-0.2, 0) is 12.7 Å². The van der Waals surface area contributed by atoms with E-state index in [0.29, 0.717) is 12.2 Å². The third kappa shape index (κ3) is 3.13. The van der Waals surface area contributed by atoms with Gasteiger partial charge in [0.05, 0.1) is 5.56 Å². The maximum atomic E-state index is 12.9. The van der Waals surface area contributed by atoms with Crippen LogP contribution in [0.25, 0.3) is 11.1 Å². The number of carbonyl (C=O) groups is 1. The molecule has 0 aliphatic heterocycles. The summed E-state index contributed by atoms with van der Waals surface area (Å²) in [7, 11) is 0. The molecular formula is C16H14F3NO3. The van der Waals surface area contributed by atoms with Gasteiger partial charge in [0.25, 0.3) is 0 Å². The van der Waals surface area contributed by atoms with Crippen LogP contribution in [0.3, 0.4) is 0 Å². The van der Waals surface area contributed by atoms with Crippen LogP contribution in [0.4, 0.5) is 13.2 Å². The molecule has 2 aromatic rings. The average Bonchev–Trinajstić information content (AvgIpc) is 2.46. The highest BCUT2D eigenvalue weighted by molar-refractivity contribution is 5.89. The fraction of sp³-hybridized carbons (Fsp3) is 0.250. The molecule has 0 saturated heterocycles. The van der Waals surface area contributed by atoms with E-state index in [0.717, 1.165) is 12.1 Å². The monoisotopic (exact) mass is 325 g/mol. The molecule has 7 heteroatoms. The third-order valence-corrected chi connectivity index (χ3v) is 3.60. The van der Waals surface area contributed by atoms with Gasteiger partial charge in [-0.25, -0.2) is 4.79 Å². The Labute approximate surface area is 129 Å². The summed E-state index contributed by atoms with van der Waals surface area (Å²) in [6, 6.07) is 4.32. The summed E-state index contributed by atoms with van der Waals surface area (Å²) < 4.78 is 40.1. The van der Waals surface area contributed by atoms with Crippen molar-refractivity contribution >= 4 is 5.97 Å². The smallest absolute Gasteiger partial charge is 0.416 e. The van der Waals surface area contributed by atoms with Gasteiger partial charge in [-0.05, 0) is 31.5 Å². The molecule has 0 aliphatic rings. The number of carboxylic acid groups (broad SMARTS) is 1. The Hall–Kier alpha value is -2.57. The van der Waals surface area contributed by atoms with Gasteiger partial charge < -0.3 is 9.67 Å². The van der Waals surface area contributed by atoms with Gasteiger partial charge >= 0.3 is 12.1 Å². The Bertz CT molecular complexity index is 822. The SMILES string of the molecule is CCn1cc(C(=O)O)c(=O)c(-c2cccc(C(F)(F)F)c2)c1C. The fourth-order valence-electron chi connectivity index (χ4n) is 2.43. The second-order valence-electron chi connectivity index (χ2n) is 5.00. The fourth-order valence-corrected chi connectivity index (χ4v) is 2.43. The van der Waals surface area contributed by atoms with Crippen molar-refractivity contribution in [2.24, 2.45) is 0 Å². The lowest BCUT2D eigenvalue weighted by Crippen LogP contribution is -2.22. The minimum absolute atomic E-state index is 0.0298. The minimum atomic E-state index is -4.54. The van der Waals surface area contributed by atoms with Crippen LogP contribution in [0.15, 0.2) is 35.3 Å². The Morgan fingerprint density at radius 1 is 1.30 bits per heavy atom. The molecule has 122 valence electrons. The second kappa shape index (κ2) is 5.91. The molecule has 23 heavy (non-hydrogen) atoms. The summed E-state index contributed by atoms with van der Waals surface area (Å²) in [5, 5.41) is 9.14. The summed E-state index contributed by atoms with van der Waals surface area (Å²) in [5.41, 5.74) is -1.71. The van der Waals surface area contributed by atoms with Crippen LogP contribution in [-0.4, -0.2) is 15.6 Å². The molecule has 0 atom stereocenters. The third-order valence-electron chi connectivity index (χ3n) is 3.60. The number of aromatic carboxylic acids is 1. The Morgan fingerprint density at radius 2 is 1.96 bits per heavy atom. The van der Waals surface area contributed by atoms with Crippen LogP contribution in [0.5, 0.6) is 0 Å². The molecule has 1 aromatic carbocycles. The van der Waals surface area contributed by atoms with E-state index >= 15 is 0 Å². The highest BCUT2D eigenvalue weighted by Gasteiger charge is 2.31. The first-order valence-electron chi connectivity index (χ1n) is 6.81. The number of aryl methyl sites for hydroxylation is 1. The molecule has 1 aromatic heterocycles. The molecule has 0 fully saturated rings. The van der Waals surface area contributed by atoms with Crippen LogP contribution in [0.1, 0.15) is 28.5 Å². The lowest BCUT2D eigenvalue weighted by Gasteiger charge is -2.15. The number of rotatable bonds is 3. The van der Waals surface area contributed by atoms with E-state index in [-0.39, 0.29) is 11.1 Å². The molecule has 0 bridgehead atoms. The van der Waals surface area contributed by atoms with Crippen molar-refractivity contribution < 1.29 is 23.1 Å². The van der Waals surface area contributed by atoms with Crippen molar-refractivity contribution in [2.45, 2.75) is 26.6 Å². The average molecular weight is 325 g/mol. The van der Waals surface area contributed by atoms with Gasteiger partial charge in [0, 0.05) is 24.0 Å². The predicted molar refractivity (Wildman–Crippen MR) is 78.5 cm³/mol. The van der Waals surface area contributed by atoms with Crippen molar-refractivity contribution in [1.29, 1.82) is 0 Å². The number of pyridine rings is 1. The molecule has 0 radical (unpaired) electrons. The molecule has 0 unspecified atom stereocenters. The normalized spacial score (nSPS) is 11.5. The predicted octanol–water partition coefficient (Wildman–Crippen LogP) is 3.56. The Balaban J connectivity index is 2.80. The maximum Gasteiger partial charge on any atom is 0.416 e. The van der Waals surface area contributed by atoms with Crippen molar-refractivity contribution in [3.63, 3.8) is 0 Å². The van der Waals surface area contributed by atoms with Crippen LogP contribution < -0.4 is 5.43 Å². The van der Waals surface area contributed by atoms with Gasteiger partial charge in [-0.3, -0.25) is 4.79 Å². The van der Waals surface area contributed by atoms with Gasteiger partial charge in [-0.2, -0.15) is 13.2 Å². The van der Waals surface area contributed by atoms with E-state index in [2.05, 4.69) is 0 Å². The lowest BCUT2D eigenvalue weighted by molar-refractivity contribution is -0.137. The van der Waals surface area contributed by atoms with E-state index in [1.54, 1.807) is 13.8 Å². The van der Waals surface area contributed by atoms with Crippen LogP contribution in [0, 0.1) is 6.92 Å². The van der Waals surface area contributed by atoms with E-state index in [9.17, 15) is 22.8 Å². The minimum Gasteiger partial charge on any atom is -0.477 e. The number of hydrogen-bond acceptors (Lipinski definition) is 2. The largest absolute Gasteiger partial charge is 0.477 e. The summed E-state index contributed by atoms with van der Waals surface area (Å²) in [5.74, 6) is -1.41. The van der Waals surface area contributed by atoms with Gasteiger partial charge in [-0.1, -0.05) is 12.1 Å². The lowest BCUT2D eigenvalue weighted by atomic mass is 9.99. The molecule has 4 nitrogen and oxygen atoms in total. The molecule has 1 N–H and O–H groups in total. The van der Waals surface area contributed by atoms with Crippen molar-refractivity contribution in [3.8, 4) is 11.1 Å². The number of halogens is 3. The van der Waals surface area contributed by atoms with Crippen molar-refractivity contribution in [1.82, 2.24) is 4.57 Å². The standard InChI is InChI=1S/C16H14F3NO3/c1-3-20-8-12(15(22)23)14(21)13(9(20)2)10-5-4-6-11(7-10)16(17,18)19/h4-8H,3H2,1-2H3,(H,22,23). The number of alkyl halides is 3. The van der Waals surface area contributed by atoms with Gasteiger partial charge in [0.2, 0.25) is 5.43 Å². The molecule has 0 amide bonds. The summed E-state index contributed by atoms with van der Waals surface area (Å²) in [4.78, 5) is 23.6. The Kier molecular flexibility index (Phi) is 4.31. The first-order valence-corrected chi connectivity index (χ1v) is 6.81. The van der Waals surface area contributed by atoms with Crippen molar-refractivity contribution in [3.05, 3.63) is 57.5 Å². The zero-order valence-electron chi connectivity index (χ0n) is 12.4. The van der Waals surface area contributed by atoms with Gasteiger partial charge in [0.1, 0.15) is 5.56 Å². The van der Waals surface area contributed by atoms with Crippen LogP contribution >= 0.6 is 0 Å². The zero-order chi connectivity index (χ0) is 17.4. The molecular weight excluding hydrogens is 311 g/mol. The van der Waals surface area contributed by atoms with Gasteiger partial charge in [-0.15, -0.1) is 0 Å². The van der Waals surface area contributed by atoms with E-state index in [1.165, 1.54) is 22.9 Å². The number of aromatic nitrogens is 1. The number of nitrogens with zero attached hydrogens (tertiary/aromatic N) is 1. The van der Waals surface area contributed by atoms with E-state index in [4.69, 9.17) is 5.11 Å². The van der Waals surface area contributed by atoms with Crippen LogP contribution in [0.2, 0.25) is 0 Å². The topological polar surface area (TPSA) is 59.3 Å². The van der Waals surface area contributed by atoms with Crippen molar-refractivity contribution in [2.75, 3.05) is 0 Å². The number of benzene rings is 1.